The molecule has 0 aromatic heterocycles. The number of phenols is 1. The van der Waals surface area contributed by atoms with Crippen LogP contribution < -0.4 is 4.74 Å². The Morgan fingerprint density at radius 3 is 2.87 bits per heavy atom. The number of aliphatic imine (C=N–C) groups is 1. The van der Waals surface area contributed by atoms with Gasteiger partial charge in [-0.3, -0.25) is 0 Å². The Bertz CT molecular complexity index is 425. The van der Waals surface area contributed by atoms with E-state index in [9.17, 15) is 9.90 Å². The molecule has 0 amide bonds. The highest BCUT2D eigenvalue weighted by atomic mass is 79.9. The Balaban J connectivity index is 3.32. The molecular weight excluding hydrogens is 262 g/mol. The van der Waals surface area contributed by atoms with Gasteiger partial charge >= 0.3 is 0 Å². The van der Waals surface area contributed by atoms with E-state index in [1.54, 1.807) is 6.07 Å². The van der Waals surface area contributed by atoms with E-state index in [1.165, 1.54) is 13.2 Å². The molecule has 1 aromatic carbocycles. The molecule has 0 bridgehead atoms. The Labute approximate surface area is 95.7 Å². The standard InChI is InChI=1S/C10H10BrNO3/c1-6-7(4-12-5-13)10(14)9(15-2)3-8(6)11/h3,14H,4H2,1-2H3. The van der Waals surface area contributed by atoms with Gasteiger partial charge in [-0.25, -0.2) is 9.79 Å². The van der Waals surface area contributed by atoms with Crippen molar-refractivity contribution in [1.29, 1.82) is 0 Å². The Hall–Kier alpha value is -1.32. The van der Waals surface area contributed by atoms with Crippen LogP contribution in [0.15, 0.2) is 15.5 Å². The summed E-state index contributed by atoms with van der Waals surface area (Å²) >= 11 is 3.33. The first-order chi connectivity index (χ1) is 7.11. The van der Waals surface area contributed by atoms with Gasteiger partial charge in [-0.1, -0.05) is 15.9 Å². The van der Waals surface area contributed by atoms with Gasteiger partial charge in [-0.2, -0.15) is 0 Å². The topological polar surface area (TPSA) is 58.9 Å². The van der Waals surface area contributed by atoms with Gasteiger partial charge in [-0.15, -0.1) is 0 Å². The Kier molecular flexibility index (Phi) is 3.88. The van der Waals surface area contributed by atoms with Crippen molar-refractivity contribution in [2.75, 3.05) is 7.11 Å². The second-order valence-corrected chi connectivity index (χ2v) is 3.77. The number of carbonyl (C=O) groups excluding carboxylic acids is 1. The molecule has 80 valence electrons. The first-order valence-corrected chi connectivity index (χ1v) is 4.99. The van der Waals surface area contributed by atoms with Gasteiger partial charge < -0.3 is 9.84 Å². The molecule has 15 heavy (non-hydrogen) atoms. The van der Waals surface area contributed by atoms with Crippen LogP contribution >= 0.6 is 15.9 Å². The summed E-state index contributed by atoms with van der Waals surface area (Å²) in [6.07, 6.45) is 1.44. The second-order valence-electron chi connectivity index (χ2n) is 2.92. The molecule has 0 atom stereocenters. The smallest absolute Gasteiger partial charge is 0.235 e. The third kappa shape index (κ3) is 2.37. The maximum atomic E-state index is 10.0. The van der Waals surface area contributed by atoms with Crippen LogP contribution in [0, 0.1) is 6.92 Å². The number of nitrogens with zero attached hydrogens (tertiary/aromatic N) is 1. The van der Waals surface area contributed by atoms with Gasteiger partial charge in [0.1, 0.15) is 0 Å². The fourth-order valence-corrected chi connectivity index (χ4v) is 1.67. The lowest BCUT2D eigenvalue weighted by molar-refractivity contribution is 0.370. The van der Waals surface area contributed by atoms with E-state index in [0.29, 0.717) is 11.3 Å². The van der Waals surface area contributed by atoms with Crippen molar-refractivity contribution < 1.29 is 14.6 Å². The highest BCUT2D eigenvalue weighted by molar-refractivity contribution is 9.10. The Morgan fingerprint density at radius 2 is 2.33 bits per heavy atom. The van der Waals surface area contributed by atoms with Crippen molar-refractivity contribution in [1.82, 2.24) is 0 Å². The van der Waals surface area contributed by atoms with Crippen LogP contribution in [0.1, 0.15) is 11.1 Å². The van der Waals surface area contributed by atoms with E-state index in [2.05, 4.69) is 20.9 Å². The molecule has 0 fully saturated rings. The van der Waals surface area contributed by atoms with Crippen LogP contribution in [0.3, 0.4) is 0 Å². The number of ether oxygens (including phenoxy) is 1. The van der Waals surface area contributed by atoms with Crippen molar-refractivity contribution in [2.45, 2.75) is 13.5 Å². The van der Waals surface area contributed by atoms with Crippen molar-refractivity contribution in [3.05, 3.63) is 21.7 Å². The number of hydrogen-bond donors (Lipinski definition) is 1. The highest BCUT2D eigenvalue weighted by Crippen LogP contribution is 2.37. The molecule has 1 N–H and O–H groups in total. The van der Waals surface area contributed by atoms with Crippen LogP contribution in [-0.4, -0.2) is 18.3 Å². The van der Waals surface area contributed by atoms with Crippen molar-refractivity contribution in [3.8, 4) is 11.5 Å². The van der Waals surface area contributed by atoms with Crippen LogP contribution in [-0.2, 0) is 11.3 Å². The zero-order valence-corrected chi connectivity index (χ0v) is 9.96. The van der Waals surface area contributed by atoms with Gasteiger partial charge in [0.15, 0.2) is 11.5 Å². The van der Waals surface area contributed by atoms with Crippen LogP contribution in [0.25, 0.3) is 0 Å². The fraction of sp³-hybridized carbons (Fsp3) is 0.300. The third-order valence-electron chi connectivity index (χ3n) is 2.11. The average Bonchev–Trinajstić information content (AvgIpc) is 2.23. The molecule has 0 aliphatic heterocycles. The summed E-state index contributed by atoms with van der Waals surface area (Å²) < 4.78 is 5.78. The van der Waals surface area contributed by atoms with Crippen LogP contribution in [0.4, 0.5) is 0 Å². The minimum Gasteiger partial charge on any atom is -0.504 e. The number of aromatic hydroxyl groups is 1. The van der Waals surface area contributed by atoms with Gasteiger partial charge in [0.2, 0.25) is 6.08 Å². The summed E-state index contributed by atoms with van der Waals surface area (Å²) in [7, 11) is 1.46. The van der Waals surface area contributed by atoms with Crippen LogP contribution in [0.5, 0.6) is 11.5 Å². The van der Waals surface area contributed by atoms with Crippen LogP contribution in [0.2, 0.25) is 0 Å². The molecule has 0 spiro atoms. The van der Waals surface area contributed by atoms with Gasteiger partial charge in [0, 0.05) is 10.0 Å². The summed E-state index contributed by atoms with van der Waals surface area (Å²) in [6, 6.07) is 1.67. The van der Waals surface area contributed by atoms with E-state index in [4.69, 9.17) is 4.74 Å². The summed E-state index contributed by atoms with van der Waals surface area (Å²) in [6.45, 7) is 1.91. The number of benzene rings is 1. The Morgan fingerprint density at radius 1 is 1.67 bits per heavy atom. The van der Waals surface area contributed by atoms with E-state index >= 15 is 0 Å². The monoisotopic (exact) mass is 271 g/mol. The van der Waals surface area contributed by atoms with Crippen molar-refractivity contribution in [2.24, 2.45) is 4.99 Å². The molecule has 0 unspecified atom stereocenters. The molecule has 0 aliphatic carbocycles. The van der Waals surface area contributed by atoms with E-state index in [0.717, 1.165) is 10.0 Å². The molecule has 0 saturated carbocycles. The summed E-state index contributed by atoms with van der Waals surface area (Å²) in [5.41, 5.74) is 1.39. The van der Waals surface area contributed by atoms with Gasteiger partial charge in [0.25, 0.3) is 0 Å². The van der Waals surface area contributed by atoms with Gasteiger partial charge in [0.05, 0.1) is 13.7 Å². The molecule has 4 nitrogen and oxygen atoms in total. The number of hydrogen-bond acceptors (Lipinski definition) is 4. The SMILES string of the molecule is COc1cc(Br)c(C)c(CN=C=O)c1O. The number of halogens is 1. The molecule has 1 rings (SSSR count). The minimum absolute atomic E-state index is 0.0113. The van der Waals surface area contributed by atoms with E-state index < -0.39 is 0 Å². The number of rotatable bonds is 3. The van der Waals surface area contributed by atoms with Crippen molar-refractivity contribution >= 4 is 22.0 Å². The lowest BCUT2D eigenvalue weighted by Gasteiger charge is -2.11. The normalized spacial score (nSPS) is 9.53. The first kappa shape index (κ1) is 11.8. The summed E-state index contributed by atoms with van der Waals surface area (Å²) in [4.78, 5) is 13.5. The number of isocyanates is 1. The highest BCUT2D eigenvalue weighted by Gasteiger charge is 2.13. The predicted octanol–water partition coefficient (Wildman–Crippen LogP) is 2.31. The molecular formula is C10H10BrNO3. The summed E-state index contributed by atoms with van der Waals surface area (Å²) in [5.74, 6) is 0.362. The lowest BCUT2D eigenvalue weighted by Crippen LogP contribution is -1.94. The molecule has 0 heterocycles. The summed E-state index contributed by atoms with van der Waals surface area (Å²) in [5, 5.41) is 9.79. The lowest BCUT2D eigenvalue weighted by atomic mass is 10.1. The minimum atomic E-state index is 0.0113. The quantitative estimate of drug-likeness (QED) is 0.678. The van der Waals surface area contributed by atoms with Gasteiger partial charge in [-0.05, 0) is 18.6 Å². The largest absolute Gasteiger partial charge is 0.504 e. The maximum Gasteiger partial charge on any atom is 0.235 e. The number of phenolic OH excluding ortho intramolecular Hbond substituents is 1. The van der Waals surface area contributed by atoms with Crippen molar-refractivity contribution in [3.63, 3.8) is 0 Å². The molecule has 0 radical (unpaired) electrons. The average molecular weight is 272 g/mol. The zero-order valence-electron chi connectivity index (χ0n) is 8.37. The molecule has 0 saturated heterocycles. The number of methoxy groups -OCH3 is 1. The predicted molar refractivity (Wildman–Crippen MR) is 58.9 cm³/mol. The van der Waals surface area contributed by atoms with E-state index in [1.807, 2.05) is 6.92 Å². The second kappa shape index (κ2) is 4.96. The first-order valence-electron chi connectivity index (χ1n) is 4.20. The fourth-order valence-electron chi connectivity index (χ4n) is 1.22. The molecule has 0 aliphatic rings. The molecule has 5 heteroatoms. The zero-order chi connectivity index (χ0) is 11.4. The maximum absolute atomic E-state index is 10.0. The third-order valence-corrected chi connectivity index (χ3v) is 2.93. The van der Waals surface area contributed by atoms with E-state index in [-0.39, 0.29) is 12.3 Å². The molecule has 1 aromatic rings.